The molecule has 180 valence electrons. The van der Waals surface area contributed by atoms with Crippen molar-refractivity contribution in [3.63, 3.8) is 0 Å². The quantitative estimate of drug-likeness (QED) is 0.274. The van der Waals surface area contributed by atoms with Gasteiger partial charge in [0.1, 0.15) is 6.10 Å². The Labute approximate surface area is 200 Å². The molecule has 7 heteroatoms. The largest absolute Gasteiger partial charge is 0.483 e. The lowest BCUT2D eigenvalue weighted by Gasteiger charge is -2.21. The minimum absolute atomic E-state index is 0.0429. The number of aryl methyl sites for hydroxylation is 1. The number of hydrogen-bond acceptors (Lipinski definition) is 3. The van der Waals surface area contributed by atoms with E-state index in [0.29, 0.717) is 29.0 Å². The number of fused-ring (bicyclic) bond motifs is 1. The van der Waals surface area contributed by atoms with E-state index in [-0.39, 0.29) is 6.42 Å². The topological polar surface area (TPSA) is 72.5 Å². The Morgan fingerprint density at radius 3 is 2.31 bits per heavy atom. The van der Waals surface area contributed by atoms with Crippen molar-refractivity contribution in [2.75, 3.05) is 5.73 Å². The molecule has 3 N–H and O–H groups in total. The van der Waals surface area contributed by atoms with E-state index in [1.54, 1.807) is 13.0 Å². The van der Waals surface area contributed by atoms with Crippen molar-refractivity contribution in [2.45, 2.75) is 32.0 Å². The number of carboxylic acid groups (broad SMARTS) is 1. The number of carbonyl (C=O) groups is 1. The van der Waals surface area contributed by atoms with Gasteiger partial charge in [0, 0.05) is 12.0 Å². The SMILES string of the molecule is CC(Oc1c(N)cc(CCC(=O)O)cc1-c1ccc2ccccc2c1)c1ccc(C(F)(F)F)cc1. The van der Waals surface area contributed by atoms with Crippen LogP contribution in [0.2, 0.25) is 0 Å². The molecule has 0 bridgehead atoms. The molecule has 0 spiro atoms. The van der Waals surface area contributed by atoms with Gasteiger partial charge in [0.15, 0.2) is 5.75 Å². The molecular formula is C28H24F3NO3. The highest BCUT2D eigenvalue weighted by Gasteiger charge is 2.30. The van der Waals surface area contributed by atoms with E-state index in [1.165, 1.54) is 12.1 Å². The van der Waals surface area contributed by atoms with Crippen molar-refractivity contribution < 1.29 is 27.8 Å². The van der Waals surface area contributed by atoms with Gasteiger partial charge in [0.05, 0.1) is 11.3 Å². The molecule has 4 aromatic rings. The van der Waals surface area contributed by atoms with Gasteiger partial charge in [-0.3, -0.25) is 4.79 Å². The summed E-state index contributed by atoms with van der Waals surface area (Å²) in [6.45, 7) is 1.74. The van der Waals surface area contributed by atoms with Gasteiger partial charge in [-0.1, -0.05) is 48.5 Å². The molecule has 0 saturated carbocycles. The number of nitrogens with two attached hydrogens (primary N) is 1. The normalized spacial score (nSPS) is 12.5. The first-order valence-corrected chi connectivity index (χ1v) is 11.1. The van der Waals surface area contributed by atoms with Crippen molar-refractivity contribution in [3.8, 4) is 16.9 Å². The second-order valence-electron chi connectivity index (χ2n) is 8.40. The minimum Gasteiger partial charge on any atom is -0.483 e. The number of anilines is 1. The molecule has 0 saturated heterocycles. The van der Waals surface area contributed by atoms with Crippen molar-refractivity contribution in [2.24, 2.45) is 0 Å². The number of carboxylic acids is 1. The Morgan fingerprint density at radius 1 is 0.971 bits per heavy atom. The lowest BCUT2D eigenvalue weighted by atomic mass is 9.96. The van der Waals surface area contributed by atoms with Crippen LogP contribution in [-0.2, 0) is 17.4 Å². The van der Waals surface area contributed by atoms with Crippen molar-refractivity contribution in [3.05, 3.63) is 95.6 Å². The van der Waals surface area contributed by atoms with E-state index < -0.39 is 23.8 Å². The molecule has 0 aliphatic rings. The summed E-state index contributed by atoms with van der Waals surface area (Å²) in [6, 6.07) is 22.2. The van der Waals surface area contributed by atoms with Crippen LogP contribution in [0.4, 0.5) is 18.9 Å². The molecule has 0 radical (unpaired) electrons. The highest BCUT2D eigenvalue weighted by molar-refractivity contribution is 5.89. The third-order valence-electron chi connectivity index (χ3n) is 5.87. The molecule has 4 rings (SSSR count). The molecule has 0 amide bonds. The van der Waals surface area contributed by atoms with Gasteiger partial charge in [-0.25, -0.2) is 0 Å². The first kappa shape index (κ1) is 24.1. The number of rotatable bonds is 7. The zero-order chi connectivity index (χ0) is 25.2. The predicted molar refractivity (Wildman–Crippen MR) is 130 cm³/mol. The van der Waals surface area contributed by atoms with Gasteiger partial charge in [-0.15, -0.1) is 0 Å². The molecule has 35 heavy (non-hydrogen) atoms. The summed E-state index contributed by atoms with van der Waals surface area (Å²) >= 11 is 0. The van der Waals surface area contributed by atoms with E-state index in [1.807, 2.05) is 48.5 Å². The summed E-state index contributed by atoms with van der Waals surface area (Å²) in [5.41, 5.74) is 8.81. The van der Waals surface area contributed by atoms with Gasteiger partial charge >= 0.3 is 12.1 Å². The fourth-order valence-electron chi connectivity index (χ4n) is 4.00. The summed E-state index contributed by atoms with van der Waals surface area (Å²) < 4.78 is 45.0. The molecule has 0 aliphatic heterocycles. The van der Waals surface area contributed by atoms with Gasteiger partial charge in [0.2, 0.25) is 0 Å². The van der Waals surface area contributed by atoms with Crippen LogP contribution in [0.3, 0.4) is 0 Å². The Hall–Kier alpha value is -4.00. The molecule has 0 heterocycles. The summed E-state index contributed by atoms with van der Waals surface area (Å²) in [4.78, 5) is 11.1. The monoisotopic (exact) mass is 479 g/mol. The van der Waals surface area contributed by atoms with Crippen LogP contribution >= 0.6 is 0 Å². The fourth-order valence-corrected chi connectivity index (χ4v) is 4.00. The van der Waals surface area contributed by atoms with E-state index in [0.717, 1.165) is 34.0 Å². The second kappa shape index (κ2) is 9.70. The lowest BCUT2D eigenvalue weighted by molar-refractivity contribution is -0.138. The van der Waals surface area contributed by atoms with E-state index in [2.05, 4.69) is 0 Å². The van der Waals surface area contributed by atoms with Crippen LogP contribution in [0.25, 0.3) is 21.9 Å². The van der Waals surface area contributed by atoms with Crippen LogP contribution in [0.1, 0.15) is 36.1 Å². The van der Waals surface area contributed by atoms with Crippen LogP contribution in [0, 0.1) is 0 Å². The third kappa shape index (κ3) is 5.57. The van der Waals surface area contributed by atoms with E-state index in [4.69, 9.17) is 15.6 Å². The second-order valence-corrected chi connectivity index (χ2v) is 8.40. The smallest absolute Gasteiger partial charge is 0.416 e. The number of nitrogen functional groups attached to an aromatic ring is 1. The van der Waals surface area contributed by atoms with Gasteiger partial charge in [-0.05, 0) is 71.1 Å². The molecule has 0 aliphatic carbocycles. The molecular weight excluding hydrogens is 455 g/mol. The molecule has 0 fully saturated rings. The number of alkyl halides is 3. The number of aliphatic carboxylic acids is 1. The average Bonchev–Trinajstić information content (AvgIpc) is 2.83. The van der Waals surface area contributed by atoms with Crippen LogP contribution < -0.4 is 10.5 Å². The standard InChI is InChI=1S/C28H24F3NO3/c1-17(19-9-11-23(12-10-19)28(29,30)31)35-27-24(14-18(15-25(27)32)6-13-26(33)34)22-8-7-20-4-2-3-5-21(20)16-22/h2-5,7-12,14-17H,6,13,32H2,1H3,(H,33,34). The summed E-state index contributed by atoms with van der Waals surface area (Å²) in [7, 11) is 0. The Bertz CT molecular complexity index is 1360. The maximum Gasteiger partial charge on any atom is 0.416 e. The predicted octanol–water partition coefficient (Wildman–Crippen LogP) is 7.27. The van der Waals surface area contributed by atoms with Gasteiger partial charge < -0.3 is 15.6 Å². The first-order valence-electron chi connectivity index (χ1n) is 11.1. The maximum absolute atomic E-state index is 12.9. The third-order valence-corrected chi connectivity index (χ3v) is 5.87. The number of ether oxygens (including phenoxy) is 1. The maximum atomic E-state index is 12.9. The van der Waals surface area contributed by atoms with Gasteiger partial charge in [0.25, 0.3) is 0 Å². The fraction of sp³-hybridized carbons (Fsp3) is 0.179. The highest BCUT2D eigenvalue weighted by Crippen LogP contribution is 2.40. The summed E-state index contributed by atoms with van der Waals surface area (Å²) in [6.07, 6.45) is -4.74. The first-order chi connectivity index (χ1) is 16.6. The van der Waals surface area contributed by atoms with Crippen LogP contribution in [-0.4, -0.2) is 11.1 Å². The number of halogens is 3. The zero-order valence-corrected chi connectivity index (χ0v) is 19.0. The van der Waals surface area contributed by atoms with Crippen molar-refractivity contribution in [1.29, 1.82) is 0 Å². The summed E-state index contributed by atoms with van der Waals surface area (Å²) in [5, 5.41) is 11.2. The minimum atomic E-state index is -4.41. The Balaban J connectivity index is 1.73. The highest BCUT2D eigenvalue weighted by atomic mass is 19.4. The zero-order valence-electron chi connectivity index (χ0n) is 19.0. The Morgan fingerprint density at radius 2 is 1.66 bits per heavy atom. The van der Waals surface area contributed by atoms with Crippen molar-refractivity contribution >= 4 is 22.4 Å². The molecule has 0 aromatic heterocycles. The molecule has 1 unspecified atom stereocenters. The number of hydrogen-bond donors (Lipinski definition) is 2. The van der Waals surface area contributed by atoms with Crippen LogP contribution in [0.15, 0.2) is 78.9 Å². The van der Waals surface area contributed by atoms with Crippen molar-refractivity contribution in [1.82, 2.24) is 0 Å². The molecule has 1 atom stereocenters. The van der Waals surface area contributed by atoms with E-state index in [9.17, 15) is 18.0 Å². The van der Waals surface area contributed by atoms with Gasteiger partial charge in [-0.2, -0.15) is 13.2 Å². The number of benzene rings is 4. The lowest BCUT2D eigenvalue weighted by Crippen LogP contribution is -2.09. The molecule has 4 nitrogen and oxygen atoms in total. The van der Waals surface area contributed by atoms with E-state index >= 15 is 0 Å². The Kier molecular flexibility index (Phi) is 6.69. The van der Waals surface area contributed by atoms with Crippen LogP contribution in [0.5, 0.6) is 5.75 Å². The molecule has 4 aromatic carbocycles. The summed E-state index contributed by atoms with van der Waals surface area (Å²) in [5.74, 6) is -0.515. The average molecular weight is 479 g/mol.